The number of benzene rings is 1. The molecule has 96 valence electrons. The maximum atomic E-state index is 13.1. The minimum absolute atomic E-state index is 0.211. The lowest BCUT2D eigenvalue weighted by Gasteiger charge is -2.15. The first-order valence-electron chi connectivity index (χ1n) is 6.16. The van der Waals surface area contributed by atoms with Crippen LogP contribution >= 0.6 is 11.6 Å². The Morgan fingerprint density at radius 2 is 2.00 bits per heavy atom. The van der Waals surface area contributed by atoms with Crippen LogP contribution in [0.1, 0.15) is 32.8 Å². The second kappa shape index (κ2) is 6.97. The maximum Gasteiger partial charge on any atom is 0.123 e. The van der Waals surface area contributed by atoms with Crippen LogP contribution in [0.4, 0.5) is 4.39 Å². The third-order valence-electron chi connectivity index (χ3n) is 2.79. The van der Waals surface area contributed by atoms with Gasteiger partial charge in [-0.1, -0.05) is 32.4 Å². The van der Waals surface area contributed by atoms with Crippen LogP contribution in [-0.2, 0) is 6.42 Å². The standard InChI is InChI=1S/C14H21ClFN/c1-10(2)17-9-11(3)4-5-12-8-13(16)6-7-14(12)15/h6-8,10-11,17H,4-5,9H2,1-3H3. The molecule has 1 aromatic carbocycles. The Kier molecular flexibility index (Phi) is 5.93. The number of aryl methyl sites for hydroxylation is 1. The number of halogens is 2. The average Bonchev–Trinajstić information content (AvgIpc) is 2.27. The van der Waals surface area contributed by atoms with E-state index in [0.29, 0.717) is 17.0 Å². The summed E-state index contributed by atoms with van der Waals surface area (Å²) in [5, 5.41) is 4.06. The summed E-state index contributed by atoms with van der Waals surface area (Å²) in [5.74, 6) is 0.356. The zero-order valence-corrected chi connectivity index (χ0v) is 11.5. The van der Waals surface area contributed by atoms with E-state index in [9.17, 15) is 4.39 Å². The van der Waals surface area contributed by atoms with Crippen molar-refractivity contribution in [2.45, 2.75) is 39.7 Å². The van der Waals surface area contributed by atoms with E-state index in [1.165, 1.54) is 12.1 Å². The van der Waals surface area contributed by atoms with E-state index in [1.807, 2.05) is 0 Å². The number of hydrogen-bond donors (Lipinski definition) is 1. The van der Waals surface area contributed by atoms with Gasteiger partial charge in [-0.15, -0.1) is 0 Å². The van der Waals surface area contributed by atoms with Crippen LogP contribution in [0.2, 0.25) is 5.02 Å². The van der Waals surface area contributed by atoms with Crippen LogP contribution in [0.15, 0.2) is 18.2 Å². The summed E-state index contributed by atoms with van der Waals surface area (Å²) in [6.07, 6.45) is 1.85. The molecule has 0 heterocycles. The maximum absolute atomic E-state index is 13.1. The van der Waals surface area contributed by atoms with Gasteiger partial charge in [0, 0.05) is 11.1 Å². The van der Waals surface area contributed by atoms with Gasteiger partial charge in [-0.2, -0.15) is 0 Å². The molecule has 0 amide bonds. The molecule has 0 bridgehead atoms. The van der Waals surface area contributed by atoms with Crippen molar-refractivity contribution in [3.05, 3.63) is 34.6 Å². The zero-order valence-electron chi connectivity index (χ0n) is 10.8. The van der Waals surface area contributed by atoms with E-state index < -0.39 is 0 Å². The number of hydrogen-bond acceptors (Lipinski definition) is 1. The third kappa shape index (κ3) is 5.51. The summed E-state index contributed by atoms with van der Waals surface area (Å²) >= 11 is 6.02. The largest absolute Gasteiger partial charge is 0.314 e. The van der Waals surface area contributed by atoms with Crippen molar-refractivity contribution >= 4 is 11.6 Å². The van der Waals surface area contributed by atoms with Gasteiger partial charge in [0.05, 0.1) is 0 Å². The van der Waals surface area contributed by atoms with E-state index in [4.69, 9.17) is 11.6 Å². The van der Waals surface area contributed by atoms with Gasteiger partial charge < -0.3 is 5.32 Å². The molecule has 0 aromatic heterocycles. The van der Waals surface area contributed by atoms with Crippen molar-refractivity contribution in [2.24, 2.45) is 5.92 Å². The van der Waals surface area contributed by atoms with Gasteiger partial charge in [-0.3, -0.25) is 0 Å². The van der Waals surface area contributed by atoms with Crippen molar-refractivity contribution < 1.29 is 4.39 Å². The topological polar surface area (TPSA) is 12.0 Å². The Bertz CT molecular complexity index is 352. The van der Waals surface area contributed by atoms with Gasteiger partial charge in [0.25, 0.3) is 0 Å². The van der Waals surface area contributed by atoms with Crippen LogP contribution in [0.25, 0.3) is 0 Å². The van der Waals surface area contributed by atoms with E-state index in [1.54, 1.807) is 6.07 Å². The Hall–Kier alpha value is -0.600. The summed E-state index contributed by atoms with van der Waals surface area (Å²) in [6, 6.07) is 5.07. The molecule has 1 rings (SSSR count). The predicted molar refractivity (Wildman–Crippen MR) is 72.0 cm³/mol. The molecule has 0 fully saturated rings. The molecule has 17 heavy (non-hydrogen) atoms. The first-order chi connectivity index (χ1) is 7.99. The van der Waals surface area contributed by atoms with Crippen molar-refractivity contribution in [1.82, 2.24) is 5.32 Å². The minimum Gasteiger partial charge on any atom is -0.314 e. The molecule has 0 saturated carbocycles. The van der Waals surface area contributed by atoms with Gasteiger partial charge in [0.2, 0.25) is 0 Å². The Morgan fingerprint density at radius 3 is 2.65 bits per heavy atom. The van der Waals surface area contributed by atoms with Crippen LogP contribution in [0.5, 0.6) is 0 Å². The molecule has 0 aliphatic heterocycles. The fourth-order valence-corrected chi connectivity index (χ4v) is 1.89. The van der Waals surface area contributed by atoms with Crippen LogP contribution < -0.4 is 5.32 Å². The lowest BCUT2D eigenvalue weighted by molar-refractivity contribution is 0.453. The lowest BCUT2D eigenvalue weighted by atomic mass is 10.0. The molecule has 1 unspecified atom stereocenters. The first kappa shape index (κ1) is 14.5. The Balaban J connectivity index is 2.41. The quantitative estimate of drug-likeness (QED) is 0.811. The first-order valence-corrected chi connectivity index (χ1v) is 6.54. The van der Waals surface area contributed by atoms with Crippen LogP contribution in [-0.4, -0.2) is 12.6 Å². The molecule has 1 aromatic rings. The Labute approximate surface area is 108 Å². The van der Waals surface area contributed by atoms with Crippen LogP contribution in [0.3, 0.4) is 0 Å². The van der Waals surface area contributed by atoms with Crippen molar-refractivity contribution in [3.63, 3.8) is 0 Å². The number of rotatable bonds is 6. The molecule has 1 atom stereocenters. The molecule has 0 aliphatic rings. The summed E-state index contributed by atoms with van der Waals surface area (Å²) in [5.41, 5.74) is 0.906. The van der Waals surface area contributed by atoms with Gasteiger partial charge >= 0.3 is 0 Å². The van der Waals surface area contributed by atoms with E-state index in [2.05, 4.69) is 26.1 Å². The molecule has 1 nitrogen and oxygen atoms in total. The normalized spacial score (nSPS) is 13.1. The van der Waals surface area contributed by atoms with Gasteiger partial charge in [0.15, 0.2) is 0 Å². The van der Waals surface area contributed by atoms with Crippen molar-refractivity contribution in [3.8, 4) is 0 Å². The number of nitrogens with one attached hydrogen (secondary N) is 1. The molecule has 0 radical (unpaired) electrons. The fraction of sp³-hybridized carbons (Fsp3) is 0.571. The minimum atomic E-state index is -0.211. The molecule has 0 saturated heterocycles. The zero-order chi connectivity index (χ0) is 12.8. The molecule has 0 aliphatic carbocycles. The Morgan fingerprint density at radius 1 is 1.29 bits per heavy atom. The van der Waals surface area contributed by atoms with E-state index in [-0.39, 0.29) is 5.82 Å². The van der Waals surface area contributed by atoms with E-state index >= 15 is 0 Å². The second-order valence-electron chi connectivity index (χ2n) is 4.94. The second-order valence-corrected chi connectivity index (χ2v) is 5.35. The highest BCUT2D eigenvalue weighted by atomic mass is 35.5. The molecule has 3 heteroatoms. The highest BCUT2D eigenvalue weighted by Crippen LogP contribution is 2.20. The van der Waals surface area contributed by atoms with E-state index in [0.717, 1.165) is 24.9 Å². The molecular weight excluding hydrogens is 237 g/mol. The van der Waals surface area contributed by atoms with Gasteiger partial charge in [-0.25, -0.2) is 4.39 Å². The van der Waals surface area contributed by atoms with Gasteiger partial charge in [0.1, 0.15) is 5.82 Å². The van der Waals surface area contributed by atoms with Crippen molar-refractivity contribution in [2.75, 3.05) is 6.54 Å². The molecular formula is C14H21ClFN. The average molecular weight is 258 g/mol. The summed E-state index contributed by atoms with van der Waals surface area (Å²) < 4.78 is 13.1. The molecule has 0 spiro atoms. The third-order valence-corrected chi connectivity index (χ3v) is 3.16. The van der Waals surface area contributed by atoms with Crippen molar-refractivity contribution in [1.29, 1.82) is 0 Å². The van der Waals surface area contributed by atoms with Gasteiger partial charge in [-0.05, 0) is 49.1 Å². The summed E-state index contributed by atoms with van der Waals surface area (Å²) in [7, 11) is 0. The fourth-order valence-electron chi connectivity index (χ4n) is 1.68. The summed E-state index contributed by atoms with van der Waals surface area (Å²) in [4.78, 5) is 0. The highest BCUT2D eigenvalue weighted by Gasteiger charge is 2.07. The predicted octanol–water partition coefficient (Wildman–Crippen LogP) is 4.05. The lowest BCUT2D eigenvalue weighted by Crippen LogP contribution is -2.28. The monoisotopic (exact) mass is 257 g/mol. The van der Waals surface area contributed by atoms with Crippen LogP contribution in [0, 0.1) is 11.7 Å². The smallest absolute Gasteiger partial charge is 0.123 e. The highest BCUT2D eigenvalue weighted by molar-refractivity contribution is 6.31. The molecule has 1 N–H and O–H groups in total. The SMILES string of the molecule is CC(CCc1cc(F)ccc1Cl)CNC(C)C. The summed E-state index contributed by atoms with van der Waals surface area (Å²) in [6.45, 7) is 7.46.